The number of ether oxygens (including phenoxy) is 1. The summed E-state index contributed by atoms with van der Waals surface area (Å²) in [5, 5.41) is 2.76. The standard InChI is InChI=1S/C13H19NO2.C2H6/c1-10(11-8-6-5-7-9-11)16-12(15)14-13(2,3)4;1-2/h5-10H,1-4H3,(H,14,15);1-2H3. The molecule has 18 heavy (non-hydrogen) atoms. The summed E-state index contributed by atoms with van der Waals surface area (Å²) in [5.41, 5.74) is 0.722. The van der Waals surface area contributed by atoms with E-state index in [2.05, 4.69) is 5.32 Å². The van der Waals surface area contributed by atoms with Crippen molar-refractivity contribution < 1.29 is 9.53 Å². The maximum absolute atomic E-state index is 11.5. The highest BCUT2D eigenvalue weighted by Gasteiger charge is 2.17. The first-order valence-electron chi connectivity index (χ1n) is 6.42. The van der Waals surface area contributed by atoms with Crippen molar-refractivity contribution in [2.45, 2.75) is 53.2 Å². The second kappa shape index (κ2) is 7.75. The lowest BCUT2D eigenvalue weighted by molar-refractivity contribution is 0.100. The Balaban J connectivity index is 0.00000137. The third kappa shape index (κ3) is 6.94. The second-order valence-electron chi connectivity index (χ2n) is 4.83. The van der Waals surface area contributed by atoms with E-state index in [1.165, 1.54) is 0 Å². The van der Waals surface area contributed by atoms with Crippen LogP contribution in [0, 0.1) is 0 Å². The van der Waals surface area contributed by atoms with Crippen molar-refractivity contribution in [1.29, 1.82) is 0 Å². The Bertz CT molecular complexity index is 341. The van der Waals surface area contributed by atoms with Gasteiger partial charge in [0.25, 0.3) is 0 Å². The summed E-state index contributed by atoms with van der Waals surface area (Å²) in [6.45, 7) is 11.6. The van der Waals surface area contributed by atoms with E-state index in [-0.39, 0.29) is 17.7 Å². The SMILES string of the molecule is CC.CC(OC(=O)NC(C)(C)C)c1ccccc1. The number of hydrogen-bond acceptors (Lipinski definition) is 2. The van der Waals surface area contributed by atoms with Gasteiger partial charge in [-0.15, -0.1) is 0 Å². The van der Waals surface area contributed by atoms with E-state index in [0.29, 0.717) is 0 Å². The van der Waals surface area contributed by atoms with Gasteiger partial charge < -0.3 is 10.1 Å². The Labute approximate surface area is 111 Å². The van der Waals surface area contributed by atoms with Crippen LogP contribution in [0.1, 0.15) is 53.2 Å². The van der Waals surface area contributed by atoms with Crippen LogP contribution >= 0.6 is 0 Å². The van der Waals surface area contributed by atoms with E-state index in [1.54, 1.807) is 0 Å². The zero-order valence-electron chi connectivity index (χ0n) is 12.3. The summed E-state index contributed by atoms with van der Waals surface area (Å²) >= 11 is 0. The number of nitrogens with one attached hydrogen (secondary N) is 1. The van der Waals surface area contributed by atoms with Crippen LogP contribution in [0.2, 0.25) is 0 Å². The lowest BCUT2D eigenvalue weighted by Crippen LogP contribution is -2.41. The van der Waals surface area contributed by atoms with Crippen LogP contribution < -0.4 is 5.32 Å². The molecule has 0 heterocycles. The van der Waals surface area contributed by atoms with Gasteiger partial charge in [0.1, 0.15) is 6.10 Å². The first-order chi connectivity index (χ1) is 8.38. The zero-order chi connectivity index (χ0) is 14.2. The minimum atomic E-state index is -0.385. The van der Waals surface area contributed by atoms with Crippen LogP contribution in [0.15, 0.2) is 30.3 Å². The van der Waals surface area contributed by atoms with Crippen molar-refractivity contribution in [2.75, 3.05) is 0 Å². The van der Waals surface area contributed by atoms with Crippen molar-refractivity contribution in [1.82, 2.24) is 5.32 Å². The topological polar surface area (TPSA) is 38.3 Å². The number of carbonyl (C=O) groups is 1. The Kier molecular flexibility index (Phi) is 7.10. The summed E-state index contributed by atoms with van der Waals surface area (Å²) in [4.78, 5) is 11.5. The average molecular weight is 251 g/mol. The minimum Gasteiger partial charge on any atom is -0.442 e. The van der Waals surface area contributed by atoms with Gasteiger partial charge in [-0.3, -0.25) is 0 Å². The minimum absolute atomic E-state index is 0.233. The fourth-order valence-corrected chi connectivity index (χ4v) is 1.29. The number of carbonyl (C=O) groups excluding carboxylic acids is 1. The van der Waals surface area contributed by atoms with Gasteiger partial charge in [-0.05, 0) is 33.3 Å². The van der Waals surface area contributed by atoms with E-state index in [0.717, 1.165) is 5.56 Å². The van der Waals surface area contributed by atoms with Gasteiger partial charge in [0.05, 0.1) is 0 Å². The van der Waals surface area contributed by atoms with E-state index in [1.807, 2.05) is 71.9 Å². The van der Waals surface area contributed by atoms with Crippen LogP contribution in [-0.2, 0) is 4.74 Å². The largest absolute Gasteiger partial charge is 0.442 e. The molecule has 0 aliphatic rings. The molecule has 1 aromatic rings. The smallest absolute Gasteiger partial charge is 0.408 e. The van der Waals surface area contributed by atoms with E-state index in [4.69, 9.17) is 4.74 Å². The molecule has 0 saturated carbocycles. The molecule has 0 aliphatic carbocycles. The maximum atomic E-state index is 11.5. The molecule has 1 unspecified atom stereocenters. The molecule has 0 fully saturated rings. The maximum Gasteiger partial charge on any atom is 0.408 e. The third-order valence-corrected chi connectivity index (χ3v) is 2.03. The number of amides is 1. The Morgan fingerprint density at radius 2 is 1.67 bits per heavy atom. The second-order valence-corrected chi connectivity index (χ2v) is 4.83. The Hall–Kier alpha value is -1.51. The van der Waals surface area contributed by atoms with Crippen LogP contribution in [-0.4, -0.2) is 11.6 Å². The monoisotopic (exact) mass is 251 g/mol. The predicted octanol–water partition coefficient (Wildman–Crippen LogP) is 4.30. The van der Waals surface area contributed by atoms with Crippen LogP contribution in [0.3, 0.4) is 0 Å². The van der Waals surface area contributed by atoms with E-state index >= 15 is 0 Å². The van der Waals surface area contributed by atoms with Crippen molar-refractivity contribution >= 4 is 6.09 Å². The highest BCUT2D eigenvalue weighted by Crippen LogP contribution is 2.16. The molecule has 1 rings (SSSR count). The summed E-state index contributed by atoms with van der Waals surface area (Å²) < 4.78 is 5.26. The number of hydrogen-bond donors (Lipinski definition) is 1. The Morgan fingerprint density at radius 3 is 2.11 bits per heavy atom. The molecule has 0 aromatic heterocycles. The summed E-state index contributed by atoms with van der Waals surface area (Å²) in [6, 6.07) is 9.67. The van der Waals surface area contributed by atoms with Gasteiger partial charge in [-0.2, -0.15) is 0 Å². The van der Waals surface area contributed by atoms with Crippen molar-refractivity contribution in [3.63, 3.8) is 0 Å². The van der Waals surface area contributed by atoms with Crippen LogP contribution in [0.5, 0.6) is 0 Å². The van der Waals surface area contributed by atoms with Gasteiger partial charge in [-0.1, -0.05) is 44.2 Å². The average Bonchev–Trinajstić information content (AvgIpc) is 2.30. The van der Waals surface area contributed by atoms with Gasteiger partial charge in [0.2, 0.25) is 0 Å². The molecular weight excluding hydrogens is 226 g/mol. The first-order valence-corrected chi connectivity index (χ1v) is 6.42. The van der Waals surface area contributed by atoms with Crippen LogP contribution in [0.25, 0.3) is 0 Å². The molecule has 1 atom stereocenters. The first kappa shape index (κ1) is 16.5. The van der Waals surface area contributed by atoms with Crippen LogP contribution in [0.4, 0.5) is 4.79 Å². The molecule has 3 nitrogen and oxygen atoms in total. The van der Waals surface area contributed by atoms with Gasteiger partial charge in [0.15, 0.2) is 0 Å². The van der Waals surface area contributed by atoms with Gasteiger partial charge >= 0.3 is 6.09 Å². The predicted molar refractivity (Wildman–Crippen MR) is 75.6 cm³/mol. The molecule has 1 aromatic carbocycles. The molecule has 0 saturated heterocycles. The molecule has 3 heteroatoms. The quantitative estimate of drug-likeness (QED) is 0.851. The molecule has 1 amide bonds. The summed E-state index contributed by atoms with van der Waals surface area (Å²) in [5.74, 6) is 0. The Morgan fingerprint density at radius 1 is 1.17 bits per heavy atom. The normalized spacial score (nSPS) is 11.9. The molecule has 0 bridgehead atoms. The summed E-state index contributed by atoms with van der Waals surface area (Å²) in [7, 11) is 0. The third-order valence-electron chi connectivity index (χ3n) is 2.03. The van der Waals surface area contributed by atoms with Crippen molar-refractivity contribution in [3.05, 3.63) is 35.9 Å². The molecule has 0 spiro atoms. The fraction of sp³-hybridized carbons (Fsp3) is 0.533. The lowest BCUT2D eigenvalue weighted by atomic mass is 10.1. The zero-order valence-corrected chi connectivity index (χ0v) is 12.3. The fourth-order valence-electron chi connectivity index (χ4n) is 1.29. The number of alkyl carbamates (subject to hydrolysis) is 1. The highest BCUT2D eigenvalue weighted by atomic mass is 16.6. The van der Waals surface area contributed by atoms with Gasteiger partial charge in [-0.25, -0.2) is 4.79 Å². The molecule has 0 aliphatic heterocycles. The molecule has 102 valence electrons. The highest BCUT2D eigenvalue weighted by molar-refractivity contribution is 5.68. The lowest BCUT2D eigenvalue weighted by Gasteiger charge is -2.22. The van der Waals surface area contributed by atoms with Crippen molar-refractivity contribution in [3.8, 4) is 0 Å². The molecule has 1 N–H and O–H groups in total. The molecular formula is C15H25NO2. The van der Waals surface area contributed by atoms with Gasteiger partial charge in [0, 0.05) is 5.54 Å². The number of benzene rings is 1. The summed E-state index contributed by atoms with van der Waals surface area (Å²) in [6.07, 6.45) is -0.618. The van der Waals surface area contributed by atoms with E-state index < -0.39 is 0 Å². The number of rotatable bonds is 2. The van der Waals surface area contributed by atoms with E-state index in [9.17, 15) is 4.79 Å². The van der Waals surface area contributed by atoms with Crippen molar-refractivity contribution in [2.24, 2.45) is 0 Å². The molecule has 0 radical (unpaired) electrons.